The highest BCUT2D eigenvalue weighted by Crippen LogP contribution is 2.30. The fraction of sp³-hybridized carbons (Fsp3) is 0.267. The van der Waals surface area contributed by atoms with Gasteiger partial charge in [0.25, 0.3) is 0 Å². The van der Waals surface area contributed by atoms with Gasteiger partial charge in [-0.25, -0.2) is 4.39 Å². The molecule has 1 heterocycles. The predicted octanol–water partition coefficient (Wildman–Crippen LogP) is 3.86. The lowest BCUT2D eigenvalue weighted by atomic mass is 9.98. The van der Waals surface area contributed by atoms with E-state index in [4.69, 9.17) is 0 Å². The lowest BCUT2D eigenvalue weighted by molar-refractivity contribution is -0.137. The van der Waals surface area contributed by atoms with Crippen molar-refractivity contribution in [1.29, 1.82) is 0 Å². The van der Waals surface area contributed by atoms with Crippen LogP contribution in [0.1, 0.15) is 28.4 Å². The van der Waals surface area contributed by atoms with Crippen molar-refractivity contribution in [2.24, 2.45) is 0 Å². The second-order valence-corrected chi connectivity index (χ2v) is 4.69. The Labute approximate surface area is 119 Å². The number of rotatable bonds is 3. The molecule has 0 spiro atoms. The summed E-state index contributed by atoms with van der Waals surface area (Å²) in [6.07, 6.45) is -3.64. The summed E-state index contributed by atoms with van der Waals surface area (Å²) in [6.45, 7) is 1.81. The number of hydrogen-bond acceptors (Lipinski definition) is 2. The van der Waals surface area contributed by atoms with Gasteiger partial charge in [-0.15, -0.1) is 0 Å². The van der Waals surface area contributed by atoms with Crippen LogP contribution in [0.5, 0.6) is 0 Å². The summed E-state index contributed by atoms with van der Waals surface area (Å²) < 4.78 is 51.0. The molecule has 0 amide bonds. The van der Waals surface area contributed by atoms with Crippen LogP contribution in [0.3, 0.4) is 0 Å². The Morgan fingerprint density at radius 3 is 2.38 bits per heavy atom. The van der Waals surface area contributed by atoms with Crippen molar-refractivity contribution >= 4 is 0 Å². The Kier molecular flexibility index (Phi) is 4.27. The highest BCUT2D eigenvalue weighted by molar-refractivity contribution is 5.35. The van der Waals surface area contributed by atoms with E-state index in [0.717, 1.165) is 17.8 Å². The number of benzene rings is 1. The Bertz CT molecular complexity index is 621. The molecular formula is C15H14F4N2. The van der Waals surface area contributed by atoms with Crippen molar-refractivity contribution < 1.29 is 17.6 Å². The van der Waals surface area contributed by atoms with Crippen LogP contribution in [0.4, 0.5) is 17.6 Å². The van der Waals surface area contributed by atoms with E-state index >= 15 is 0 Å². The third kappa shape index (κ3) is 3.39. The molecule has 2 aromatic rings. The van der Waals surface area contributed by atoms with Gasteiger partial charge in [0, 0.05) is 6.20 Å². The maximum Gasteiger partial charge on any atom is 0.417 e. The number of nitrogens with one attached hydrogen (secondary N) is 1. The van der Waals surface area contributed by atoms with Gasteiger partial charge in [0.1, 0.15) is 5.82 Å². The van der Waals surface area contributed by atoms with E-state index in [1.807, 2.05) is 6.92 Å². The molecule has 21 heavy (non-hydrogen) atoms. The number of aryl methyl sites for hydroxylation is 1. The van der Waals surface area contributed by atoms with Gasteiger partial charge in [-0.2, -0.15) is 13.2 Å². The van der Waals surface area contributed by atoms with Crippen molar-refractivity contribution in [2.75, 3.05) is 7.05 Å². The van der Waals surface area contributed by atoms with Gasteiger partial charge in [-0.05, 0) is 49.4 Å². The van der Waals surface area contributed by atoms with Crippen molar-refractivity contribution in [1.82, 2.24) is 10.3 Å². The van der Waals surface area contributed by atoms with E-state index in [-0.39, 0.29) is 0 Å². The topological polar surface area (TPSA) is 24.9 Å². The molecule has 0 saturated carbocycles. The molecule has 1 aromatic carbocycles. The molecule has 0 aliphatic rings. The Balaban J connectivity index is 2.40. The Hall–Kier alpha value is -1.95. The van der Waals surface area contributed by atoms with Gasteiger partial charge in [0.05, 0.1) is 17.3 Å². The van der Waals surface area contributed by atoms with Crippen LogP contribution >= 0.6 is 0 Å². The summed E-state index contributed by atoms with van der Waals surface area (Å²) in [5.74, 6) is -0.400. The first kappa shape index (κ1) is 15.4. The SMILES string of the molecule is CNC(c1ccc(C(F)(F)F)cn1)c1cc(F)ccc1C. The fourth-order valence-electron chi connectivity index (χ4n) is 2.13. The van der Waals surface area contributed by atoms with Crippen LogP contribution in [0.15, 0.2) is 36.5 Å². The molecule has 2 nitrogen and oxygen atoms in total. The molecule has 112 valence electrons. The van der Waals surface area contributed by atoms with E-state index in [1.165, 1.54) is 18.2 Å². The van der Waals surface area contributed by atoms with Crippen LogP contribution in [-0.2, 0) is 6.18 Å². The van der Waals surface area contributed by atoms with Crippen molar-refractivity contribution in [2.45, 2.75) is 19.1 Å². The summed E-state index contributed by atoms with van der Waals surface area (Å²) in [4.78, 5) is 3.86. The zero-order valence-electron chi connectivity index (χ0n) is 11.5. The summed E-state index contributed by atoms with van der Waals surface area (Å²) in [5.41, 5.74) is 1.07. The molecule has 0 fully saturated rings. The monoisotopic (exact) mass is 298 g/mol. The second kappa shape index (κ2) is 5.81. The highest BCUT2D eigenvalue weighted by atomic mass is 19.4. The fourth-order valence-corrected chi connectivity index (χ4v) is 2.13. The van der Waals surface area contributed by atoms with E-state index in [0.29, 0.717) is 11.3 Å². The molecule has 2 rings (SSSR count). The van der Waals surface area contributed by atoms with Crippen LogP contribution in [0.2, 0.25) is 0 Å². The smallest absolute Gasteiger partial charge is 0.308 e. The van der Waals surface area contributed by atoms with Gasteiger partial charge in [0.2, 0.25) is 0 Å². The number of alkyl halides is 3. The second-order valence-electron chi connectivity index (χ2n) is 4.69. The van der Waals surface area contributed by atoms with Gasteiger partial charge >= 0.3 is 6.18 Å². The minimum absolute atomic E-state index is 0.400. The first-order chi connectivity index (χ1) is 9.82. The van der Waals surface area contributed by atoms with Gasteiger partial charge < -0.3 is 5.32 Å². The standard InChI is InChI=1S/C15H14F4N2/c1-9-3-5-11(16)7-12(9)14(20-2)13-6-4-10(8-21-13)15(17,18)19/h3-8,14,20H,1-2H3. The third-order valence-electron chi connectivity index (χ3n) is 3.25. The zero-order chi connectivity index (χ0) is 15.6. The molecule has 1 atom stereocenters. The average molecular weight is 298 g/mol. The molecular weight excluding hydrogens is 284 g/mol. The molecule has 1 N–H and O–H groups in total. The normalized spacial score (nSPS) is 13.2. The van der Waals surface area contributed by atoms with Crippen LogP contribution in [0, 0.1) is 12.7 Å². The van der Waals surface area contributed by atoms with Gasteiger partial charge in [0.15, 0.2) is 0 Å². The van der Waals surface area contributed by atoms with Crippen molar-refractivity contribution in [3.63, 3.8) is 0 Å². The predicted molar refractivity (Wildman–Crippen MR) is 71.3 cm³/mol. The zero-order valence-corrected chi connectivity index (χ0v) is 11.5. The van der Waals surface area contributed by atoms with Gasteiger partial charge in [-0.3, -0.25) is 4.98 Å². The molecule has 1 aromatic heterocycles. The molecule has 0 aliphatic heterocycles. The van der Waals surface area contributed by atoms with Gasteiger partial charge in [-0.1, -0.05) is 6.07 Å². The van der Waals surface area contributed by atoms with Crippen LogP contribution in [-0.4, -0.2) is 12.0 Å². The summed E-state index contributed by atoms with van der Waals surface area (Å²) >= 11 is 0. The van der Waals surface area contributed by atoms with Crippen LogP contribution in [0.25, 0.3) is 0 Å². The van der Waals surface area contributed by atoms with E-state index in [2.05, 4.69) is 10.3 Å². The first-order valence-corrected chi connectivity index (χ1v) is 6.29. The van der Waals surface area contributed by atoms with Crippen molar-refractivity contribution in [3.05, 3.63) is 64.7 Å². The molecule has 0 aliphatic carbocycles. The maximum atomic E-state index is 13.4. The van der Waals surface area contributed by atoms with Crippen molar-refractivity contribution in [3.8, 4) is 0 Å². The lowest BCUT2D eigenvalue weighted by Crippen LogP contribution is -2.20. The highest BCUT2D eigenvalue weighted by Gasteiger charge is 2.31. The van der Waals surface area contributed by atoms with Crippen LogP contribution < -0.4 is 5.32 Å². The Morgan fingerprint density at radius 1 is 1.14 bits per heavy atom. The molecule has 0 saturated heterocycles. The minimum Gasteiger partial charge on any atom is -0.308 e. The maximum absolute atomic E-state index is 13.4. The number of nitrogens with zero attached hydrogens (tertiary/aromatic N) is 1. The molecule has 0 bridgehead atoms. The first-order valence-electron chi connectivity index (χ1n) is 6.29. The van der Waals surface area contributed by atoms with E-state index in [1.54, 1.807) is 13.1 Å². The largest absolute Gasteiger partial charge is 0.417 e. The van der Waals surface area contributed by atoms with E-state index in [9.17, 15) is 17.6 Å². The molecule has 6 heteroatoms. The number of pyridine rings is 1. The molecule has 0 radical (unpaired) electrons. The summed E-state index contributed by atoms with van der Waals surface area (Å²) in [6, 6.07) is 6.12. The lowest BCUT2D eigenvalue weighted by Gasteiger charge is -2.19. The summed E-state index contributed by atoms with van der Waals surface area (Å²) in [5, 5.41) is 2.95. The average Bonchev–Trinajstić information content (AvgIpc) is 2.43. The number of aromatic nitrogens is 1. The quantitative estimate of drug-likeness (QED) is 0.870. The minimum atomic E-state index is -4.42. The van der Waals surface area contributed by atoms with E-state index < -0.39 is 23.6 Å². The Morgan fingerprint density at radius 2 is 1.86 bits per heavy atom. The third-order valence-corrected chi connectivity index (χ3v) is 3.25. The summed E-state index contributed by atoms with van der Waals surface area (Å²) in [7, 11) is 1.65. The number of hydrogen-bond donors (Lipinski definition) is 1. The number of halogens is 4. The molecule has 1 unspecified atom stereocenters.